The van der Waals surface area contributed by atoms with Gasteiger partial charge in [0.1, 0.15) is 5.75 Å². The van der Waals surface area contributed by atoms with Crippen LogP contribution in [0.5, 0.6) is 5.75 Å². The molecule has 3 heterocycles. The first-order chi connectivity index (χ1) is 11.2. The van der Waals surface area contributed by atoms with Gasteiger partial charge in [-0.2, -0.15) is 0 Å². The van der Waals surface area contributed by atoms with Crippen LogP contribution in [0.3, 0.4) is 0 Å². The highest BCUT2D eigenvalue weighted by atomic mass is 32.1. The molecule has 1 aliphatic rings. The molecule has 1 aliphatic heterocycles. The van der Waals surface area contributed by atoms with Crippen LogP contribution < -0.4 is 10.6 Å². The number of aromatic hydroxyl groups is 1. The zero-order valence-corrected chi connectivity index (χ0v) is 12.7. The lowest BCUT2D eigenvalue weighted by atomic mass is 10.1. The first kappa shape index (κ1) is 13.7. The Kier molecular flexibility index (Phi) is 3.20. The number of fused-ring (bicyclic) bond motifs is 3. The summed E-state index contributed by atoms with van der Waals surface area (Å²) in [6.45, 7) is 0. The molecule has 0 atom stereocenters. The maximum Gasteiger partial charge on any atom is 0.228 e. The summed E-state index contributed by atoms with van der Waals surface area (Å²) in [5.41, 5.74) is 3.13. The molecular weight excluding hydrogens is 312 g/mol. The maximum atomic E-state index is 11.9. The van der Waals surface area contributed by atoms with Crippen LogP contribution in [0.15, 0.2) is 41.9 Å². The maximum absolute atomic E-state index is 11.9. The standard InChI is InChI=1S/C16H12N4O2S/c21-11-3-1-10(2-4-11)18-16-17-8-9-7-13(22)19-12-5-6-23-15(12)14(9)20-16/h1-6,8,21H,7H2,(H,19,22)(H,17,18,20). The third-order valence-electron chi connectivity index (χ3n) is 3.49. The van der Waals surface area contributed by atoms with E-state index in [1.807, 2.05) is 11.4 Å². The number of carbonyl (C=O) groups is 1. The minimum absolute atomic E-state index is 0.0637. The Morgan fingerprint density at radius 3 is 2.87 bits per heavy atom. The van der Waals surface area contributed by atoms with Gasteiger partial charge in [-0.25, -0.2) is 9.97 Å². The van der Waals surface area contributed by atoms with E-state index in [4.69, 9.17) is 0 Å². The largest absolute Gasteiger partial charge is 0.508 e. The fraction of sp³-hybridized carbons (Fsp3) is 0.0625. The van der Waals surface area contributed by atoms with E-state index in [-0.39, 0.29) is 18.1 Å². The van der Waals surface area contributed by atoms with Crippen LogP contribution in [0, 0.1) is 0 Å². The summed E-state index contributed by atoms with van der Waals surface area (Å²) in [7, 11) is 0. The zero-order chi connectivity index (χ0) is 15.8. The normalized spacial score (nSPS) is 12.8. The highest BCUT2D eigenvalue weighted by Gasteiger charge is 2.21. The van der Waals surface area contributed by atoms with Crippen LogP contribution in [-0.2, 0) is 11.2 Å². The fourth-order valence-electron chi connectivity index (χ4n) is 2.43. The van der Waals surface area contributed by atoms with Crippen LogP contribution >= 0.6 is 11.3 Å². The fourth-order valence-corrected chi connectivity index (χ4v) is 3.30. The Hall–Kier alpha value is -2.93. The Morgan fingerprint density at radius 2 is 2.04 bits per heavy atom. The number of hydrogen-bond donors (Lipinski definition) is 3. The van der Waals surface area contributed by atoms with Crippen LogP contribution in [0.25, 0.3) is 10.6 Å². The first-order valence-corrected chi connectivity index (χ1v) is 7.87. The smallest absolute Gasteiger partial charge is 0.228 e. The Bertz CT molecular complexity index is 889. The van der Waals surface area contributed by atoms with Gasteiger partial charge in [-0.15, -0.1) is 11.3 Å². The summed E-state index contributed by atoms with van der Waals surface area (Å²) in [5.74, 6) is 0.584. The average molecular weight is 324 g/mol. The molecule has 6 nitrogen and oxygen atoms in total. The van der Waals surface area contributed by atoms with Gasteiger partial charge in [0.2, 0.25) is 11.9 Å². The van der Waals surface area contributed by atoms with E-state index < -0.39 is 0 Å². The number of aromatic nitrogens is 2. The third kappa shape index (κ3) is 2.62. The molecule has 3 aromatic rings. The molecule has 7 heteroatoms. The number of benzene rings is 1. The lowest BCUT2D eigenvalue weighted by Crippen LogP contribution is -2.12. The lowest BCUT2D eigenvalue weighted by Gasteiger charge is -2.08. The highest BCUT2D eigenvalue weighted by Crippen LogP contribution is 2.37. The van der Waals surface area contributed by atoms with E-state index in [1.54, 1.807) is 30.5 Å². The number of phenolic OH excluding ortho intramolecular Hbond substituents is 1. The van der Waals surface area contributed by atoms with E-state index >= 15 is 0 Å². The summed E-state index contributed by atoms with van der Waals surface area (Å²) in [5, 5.41) is 17.2. The second-order valence-corrected chi connectivity index (χ2v) is 6.04. The van der Waals surface area contributed by atoms with E-state index in [1.165, 1.54) is 11.3 Å². The molecule has 0 bridgehead atoms. The second-order valence-electron chi connectivity index (χ2n) is 5.13. The van der Waals surface area contributed by atoms with Gasteiger partial charge in [0, 0.05) is 17.4 Å². The highest BCUT2D eigenvalue weighted by molar-refractivity contribution is 7.14. The molecule has 0 unspecified atom stereocenters. The van der Waals surface area contributed by atoms with Crippen LogP contribution in [0.4, 0.5) is 17.3 Å². The monoisotopic (exact) mass is 324 g/mol. The number of amides is 1. The van der Waals surface area contributed by atoms with Crippen molar-refractivity contribution in [1.82, 2.24) is 9.97 Å². The molecule has 23 heavy (non-hydrogen) atoms. The number of phenols is 1. The van der Waals surface area contributed by atoms with Crippen molar-refractivity contribution in [2.45, 2.75) is 6.42 Å². The number of thiophene rings is 1. The molecule has 0 fully saturated rings. The molecule has 4 rings (SSSR count). The molecular formula is C16H12N4O2S. The quantitative estimate of drug-likeness (QED) is 0.630. The third-order valence-corrected chi connectivity index (χ3v) is 4.41. The summed E-state index contributed by atoms with van der Waals surface area (Å²) in [4.78, 5) is 21.7. The van der Waals surface area contributed by atoms with Gasteiger partial charge >= 0.3 is 0 Å². The molecule has 0 spiro atoms. The van der Waals surface area contributed by atoms with Crippen molar-refractivity contribution in [1.29, 1.82) is 0 Å². The number of carbonyl (C=O) groups excluding carboxylic acids is 1. The first-order valence-electron chi connectivity index (χ1n) is 6.99. The van der Waals surface area contributed by atoms with E-state index in [2.05, 4.69) is 20.6 Å². The zero-order valence-electron chi connectivity index (χ0n) is 11.9. The SMILES string of the molecule is O=C1Cc2cnc(Nc3ccc(O)cc3)nc2-c2sccc2N1. The van der Waals surface area contributed by atoms with Crippen LogP contribution in [0.1, 0.15) is 5.56 Å². The average Bonchev–Trinajstić information content (AvgIpc) is 2.94. The molecule has 0 aliphatic carbocycles. The number of anilines is 3. The van der Waals surface area contributed by atoms with Gasteiger partial charge in [0.05, 0.1) is 22.7 Å². The summed E-state index contributed by atoms with van der Waals surface area (Å²) >= 11 is 1.53. The number of nitrogens with one attached hydrogen (secondary N) is 2. The molecule has 114 valence electrons. The van der Waals surface area contributed by atoms with Crippen LogP contribution in [0.2, 0.25) is 0 Å². The number of hydrogen-bond acceptors (Lipinski definition) is 6. The minimum atomic E-state index is -0.0637. The molecule has 0 radical (unpaired) electrons. The molecule has 3 N–H and O–H groups in total. The summed E-state index contributed by atoms with van der Waals surface area (Å²) in [6.07, 6.45) is 1.94. The number of nitrogens with zero attached hydrogens (tertiary/aromatic N) is 2. The van der Waals surface area contributed by atoms with E-state index in [0.717, 1.165) is 27.5 Å². The molecule has 1 amide bonds. The van der Waals surface area contributed by atoms with Crippen molar-refractivity contribution in [2.75, 3.05) is 10.6 Å². The van der Waals surface area contributed by atoms with Crippen molar-refractivity contribution in [2.24, 2.45) is 0 Å². The van der Waals surface area contributed by atoms with Gasteiger partial charge in [-0.3, -0.25) is 4.79 Å². The van der Waals surface area contributed by atoms with Gasteiger partial charge in [-0.05, 0) is 35.7 Å². The minimum Gasteiger partial charge on any atom is -0.508 e. The van der Waals surface area contributed by atoms with Gasteiger partial charge in [0.25, 0.3) is 0 Å². The Morgan fingerprint density at radius 1 is 1.22 bits per heavy atom. The molecule has 0 saturated heterocycles. The lowest BCUT2D eigenvalue weighted by molar-refractivity contribution is -0.115. The van der Waals surface area contributed by atoms with Crippen molar-refractivity contribution in [3.8, 4) is 16.3 Å². The summed E-state index contributed by atoms with van der Waals surface area (Å²) < 4.78 is 0. The molecule has 1 aromatic carbocycles. The van der Waals surface area contributed by atoms with Crippen molar-refractivity contribution < 1.29 is 9.90 Å². The predicted octanol–water partition coefficient (Wildman–Crippen LogP) is 3.15. The van der Waals surface area contributed by atoms with Crippen molar-refractivity contribution in [3.05, 3.63) is 47.5 Å². The topological polar surface area (TPSA) is 87.1 Å². The van der Waals surface area contributed by atoms with Crippen LogP contribution in [-0.4, -0.2) is 21.0 Å². The van der Waals surface area contributed by atoms with E-state index in [0.29, 0.717) is 5.95 Å². The van der Waals surface area contributed by atoms with Crippen molar-refractivity contribution >= 4 is 34.6 Å². The van der Waals surface area contributed by atoms with Gasteiger partial charge < -0.3 is 15.7 Å². The predicted molar refractivity (Wildman–Crippen MR) is 89.1 cm³/mol. The Balaban J connectivity index is 1.74. The van der Waals surface area contributed by atoms with Gasteiger partial charge in [-0.1, -0.05) is 0 Å². The summed E-state index contributed by atoms with van der Waals surface area (Å²) in [6, 6.07) is 8.54. The second kappa shape index (κ2) is 5.36. The van der Waals surface area contributed by atoms with Crippen molar-refractivity contribution in [3.63, 3.8) is 0 Å². The van der Waals surface area contributed by atoms with Gasteiger partial charge in [0.15, 0.2) is 0 Å². The number of rotatable bonds is 2. The van der Waals surface area contributed by atoms with E-state index in [9.17, 15) is 9.90 Å². The Labute approximate surface area is 135 Å². The molecule has 0 saturated carbocycles. The molecule has 2 aromatic heterocycles.